The van der Waals surface area contributed by atoms with E-state index in [2.05, 4.69) is 0 Å². The fraction of sp³-hybridized carbons (Fsp3) is 0.188. The number of carbonyl (C=O) groups excluding carboxylic acids is 1. The third kappa shape index (κ3) is 4.91. The molecule has 0 heterocycles. The number of hydrazine groups is 1. The van der Waals surface area contributed by atoms with Crippen molar-refractivity contribution in [3.63, 3.8) is 0 Å². The minimum atomic E-state index is -3.96. The van der Waals surface area contributed by atoms with Crippen LogP contribution in [0.15, 0.2) is 53.4 Å². The number of para-hydroxylation sites is 1. The number of amides is 1. The van der Waals surface area contributed by atoms with Crippen molar-refractivity contribution in [2.24, 2.45) is 0 Å². The summed E-state index contributed by atoms with van der Waals surface area (Å²) in [7, 11) is -2.50. The number of hydrogen-bond acceptors (Lipinski definition) is 5. The molecule has 0 aromatic heterocycles. The van der Waals surface area contributed by atoms with E-state index in [1.165, 1.54) is 56.5 Å². The molecule has 0 radical (unpaired) electrons. The van der Waals surface area contributed by atoms with Crippen molar-refractivity contribution >= 4 is 15.9 Å². The van der Waals surface area contributed by atoms with Gasteiger partial charge in [0.1, 0.15) is 5.75 Å². The molecule has 2 N–H and O–H groups in total. The molecule has 0 bridgehead atoms. The van der Waals surface area contributed by atoms with Crippen LogP contribution in [0.5, 0.6) is 11.5 Å². The maximum atomic E-state index is 13.5. The Bertz CT molecular complexity index is 840. The van der Waals surface area contributed by atoms with E-state index in [-0.39, 0.29) is 10.6 Å². The lowest BCUT2D eigenvalue weighted by molar-refractivity contribution is -0.127. The molecule has 1 atom stereocenters. The van der Waals surface area contributed by atoms with Gasteiger partial charge in [0.2, 0.25) is 0 Å². The van der Waals surface area contributed by atoms with E-state index in [0.717, 1.165) is 0 Å². The molecule has 0 saturated heterocycles. The summed E-state index contributed by atoms with van der Waals surface area (Å²) in [5, 5.41) is 0. The number of methoxy groups -OCH3 is 1. The summed E-state index contributed by atoms with van der Waals surface area (Å²) in [4.78, 5) is 13.8. The van der Waals surface area contributed by atoms with Gasteiger partial charge < -0.3 is 9.47 Å². The summed E-state index contributed by atoms with van der Waals surface area (Å²) >= 11 is 0. The maximum absolute atomic E-state index is 13.5. The van der Waals surface area contributed by atoms with Crippen molar-refractivity contribution in [1.29, 1.82) is 0 Å². The van der Waals surface area contributed by atoms with Crippen LogP contribution >= 0.6 is 0 Å². The zero-order valence-corrected chi connectivity index (χ0v) is 14.3. The average molecular weight is 368 g/mol. The lowest BCUT2D eigenvalue weighted by Gasteiger charge is -2.15. The van der Waals surface area contributed by atoms with E-state index in [4.69, 9.17) is 9.47 Å². The van der Waals surface area contributed by atoms with Gasteiger partial charge >= 0.3 is 0 Å². The predicted octanol–water partition coefficient (Wildman–Crippen LogP) is 1.61. The van der Waals surface area contributed by atoms with Crippen LogP contribution < -0.4 is 19.7 Å². The van der Waals surface area contributed by atoms with Crippen LogP contribution in [-0.2, 0) is 14.8 Å². The Balaban J connectivity index is 1.96. The van der Waals surface area contributed by atoms with E-state index >= 15 is 0 Å². The molecule has 0 unspecified atom stereocenters. The standard InChI is InChI=1S/C16H17FN2O5S/c1-11(24-15-6-4-3-5-14(15)17)16(20)18-19-25(21,22)13-9-7-12(23-2)8-10-13/h3-11,19H,1-2H3,(H,18,20)/t11-/m1/s1. The Hall–Kier alpha value is -2.65. The minimum absolute atomic E-state index is 0.0590. The summed E-state index contributed by atoms with van der Waals surface area (Å²) in [5.41, 5.74) is 2.03. The van der Waals surface area contributed by atoms with E-state index in [1.807, 2.05) is 10.3 Å². The molecule has 0 spiro atoms. The van der Waals surface area contributed by atoms with E-state index in [1.54, 1.807) is 6.07 Å². The largest absolute Gasteiger partial charge is 0.497 e. The molecule has 9 heteroatoms. The van der Waals surface area contributed by atoms with Crippen molar-refractivity contribution in [2.75, 3.05) is 7.11 Å². The third-order valence-electron chi connectivity index (χ3n) is 3.19. The first-order valence-corrected chi connectivity index (χ1v) is 8.68. The lowest BCUT2D eigenvalue weighted by atomic mass is 10.3. The fourth-order valence-corrected chi connectivity index (χ4v) is 2.66. The van der Waals surface area contributed by atoms with Crippen molar-refractivity contribution in [3.05, 3.63) is 54.3 Å². The van der Waals surface area contributed by atoms with Gasteiger partial charge in [0, 0.05) is 0 Å². The highest BCUT2D eigenvalue weighted by Crippen LogP contribution is 2.17. The Morgan fingerprint density at radius 3 is 2.36 bits per heavy atom. The second kappa shape index (κ2) is 7.95. The highest BCUT2D eigenvalue weighted by atomic mass is 32.2. The average Bonchev–Trinajstić information content (AvgIpc) is 2.61. The van der Waals surface area contributed by atoms with E-state index in [0.29, 0.717) is 5.75 Å². The number of carbonyl (C=O) groups is 1. The smallest absolute Gasteiger partial charge is 0.275 e. The van der Waals surface area contributed by atoms with Crippen molar-refractivity contribution < 1.29 is 27.1 Å². The molecule has 25 heavy (non-hydrogen) atoms. The van der Waals surface area contributed by atoms with Gasteiger partial charge in [0.15, 0.2) is 17.7 Å². The van der Waals surface area contributed by atoms with Crippen LogP contribution in [0.2, 0.25) is 0 Å². The lowest BCUT2D eigenvalue weighted by Crippen LogP contribution is -2.47. The monoisotopic (exact) mass is 368 g/mol. The molecular formula is C16H17FN2O5S. The predicted molar refractivity (Wildman–Crippen MR) is 87.9 cm³/mol. The van der Waals surface area contributed by atoms with E-state index in [9.17, 15) is 17.6 Å². The van der Waals surface area contributed by atoms with Crippen LogP contribution in [0.1, 0.15) is 6.92 Å². The molecule has 2 aromatic carbocycles. The zero-order valence-electron chi connectivity index (χ0n) is 13.5. The number of hydrogen-bond donors (Lipinski definition) is 2. The SMILES string of the molecule is COc1ccc(S(=O)(=O)NNC(=O)[C@@H](C)Oc2ccccc2F)cc1. The summed E-state index contributed by atoms with van der Waals surface area (Å²) < 4.78 is 47.8. The Labute approximate surface area is 144 Å². The Morgan fingerprint density at radius 2 is 1.76 bits per heavy atom. The van der Waals surface area contributed by atoms with Gasteiger partial charge in [-0.2, -0.15) is 0 Å². The molecule has 1 amide bonds. The fourth-order valence-electron chi connectivity index (χ4n) is 1.82. The number of rotatable bonds is 7. The number of nitrogens with one attached hydrogen (secondary N) is 2. The van der Waals surface area contributed by atoms with Gasteiger partial charge in [-0.1, -0.05) is 12.1 Å². The van der Waals surface area contributed by atoms with Gasteiger partial charge in [-0.25, -0.2) is 12.8 Å². The van der Waals surface area contributed by atoms with Crippen molar-refractivity contribution in [1.82, 2.24) is 10.3 Å². The number of benzene rings is 2. The summed E-state index contributed by atoms with van der Waals surface area (Å²) in [5.74, 6) is -1.01. The molecular weight excluding hydrogens is 351 g/mol. The Morgan fingerprint density at radius 1 is 1.12 bits per heavy atom. The first kappa shape index (κ1) is 18.7. The topological polar surface area (TPSA) is 93.7 Å². The second-order valence-electron chi connectivity index (χ2n) is 4.96. The Kier molecular flexibility index (Phi) is 5.94. The van der Waals surface area contributed by atoms with Crippen molar-refractivity contribution in [3.8, 4) is 11.5 Å². The van der Waals surface area contributed by atoms with Crippen LogP contribution in [0, 0.1) is 5.82 Å². The second-order valence-corrected chi connectivity index (χ2v) is 6.64. The molecule has 0 aliphatic rings. The van der Waals surface area contributed by atoms with Crippen molar-refractivity contribution in [2.45, 2.75) is 17.9 Å². The summed E-state index contributed by atoms with van der Waals surface area (Å²) in [6.45, 7) is 1.36. The first-order chi connectivity index (χ1) is 11.8. The molecule has 0 saturated carbocycles. The van der Waals surface area contributed by atoms with Gasteiger partial charge in [-0.15, -0.1) is 4.83 Å². The minimum Gasteiger partial charge on any atom is -0.497 e. The molecule has 0 aliphatic heterocycles. The molecule has 2 aromatic rings. The highest BCUT2D eigenvalue weighted by Gasteiger charge is 2.20. The van der Waals surface area contributed by atoms with Gasteiger partial charge in [-0.05, 0) is 43.3 Å². The summed E-state index contributed by atoms with van der Waals surface area (Å²) in [6, 6.07) is 11.2. The van der Waals surface area contributed by atoms with Crippen LogP contribution in [-0.4, -0.2) is 27.5 Å². The molecule has 0 aliphatic carbocycles. The van der Waals surface area contributed by atoms with Gasteiger partial charge in [0.05, 0.1) is 12.0 Å². The van der Waals surface area contributed by atoms with E-state index < -0.39 is 27.9 Å². The zero-order chi connectivity index (χ0) is 18.4. The third-order valence-corrected chi connectivity index (χ3v) is 4.45. The first-order valence-electron chi connectivity index (χ1n) is 7.20. The normalized spacial score (nSPS) is 12.3. The molecule has 134 valence electrons. The van der Waals surface area contributed by atoms with Gasteiger partial charge in [-0.3, -0.25) is 10.2 Å². The number of ether oxygens (including phenoxy) is 2. The molecule has 0 fully saturated rings. The van der Waals surface area contributed by atoms with Crippen LogP contribution in [0.4, 0.5) is 4.39 Å². The van der Waals surface area contributed by atoms with Crippen LogP contribution in [0.25, 0.3) is 0 Å². The quantitative estimate of drug-likeness (QED) is 0.724. The molecule has 7 nitrogen and oxygen atoms in total. The molecule has 2 rings (SSSR count). The summed E-state index contributed by atoms with van der Waals surface area (Å²) in [6.07, 6.45) is -1.12. The highest BCUT2D eigenvalue weighted by molar-refractivity contribution is 7.89. The number of sulfonamides is 1. The number of halogens is 1. The van der Waals surface area contributed by atoms with Crippen LogP contribution in [0.3, 0.4) is 0 Å². The maximum Gasteiger partial charge on any atom is 0.275 e. The van der Waals surface area contributed by atoms with Gasteiger partial charge in [0.25, 0.3) is 15.9 Å².